The van der Waals surface area contributed by atoms with E-state index in [-0.39, 0.29) is 23.4 Å². The fraction of sp³-hybridized carbons (Fsp3) is 0.158. The maximum Gasteiger partial charge on any atom is 0.238 e. The van der Waals surface area contributed by atoms with Crippen LogP contribution in [0.1, 0.15) is 12.0 Å². The quantitative estimate of drug-likeness (QED) is 0.532. The predicted molar refractivity (Wildman–Crippen MR) is 117 cm³/mol. The summed E-state index contributed by atoms with van der Waals surface area (Å²) in [4.78, 5) is 24.5. The van der Waals surface area contributed by atoms with E-state index in [0.29, 0.717) is 15.7 Å². The number of carbonyl (C=O) groups excluding carboxylic acids is 2. The highest BCUT2D eigenvalue weighted by molar-refractivity contribution is 8.15. The number of carbonyl (C=O) groups is 2. The highest BCUT2D eigenvalue weighted by Gasteiger charge is 2.30. The van der Waals surface area contributed by atoms with Gasteiger partial charge in [0.05, 0.1) is 23.4 Å². The summed E-state index contributed by atoms with van der Waals surface area (Å²) in [5.41, 5.74) is 1.31. The smallest absolute Gasteiger partial charge is 0.238 e. The molecule has 10 heteroatoms. The Hall–Kier alpha value is -2.55. The first-order valence-corrected chi connectivity index (χ1v) is 10.1. The molecule has 1 aliphatic heterocycles. The molecule has 0 aromatic heterocycles. The van der Waals surface area contributed by atoms with E-state index in [0.717, 1.165) is 23.1 Å². The molecule has 1 fully saturated rings. The predicted octanol–water partition coefficient (Wildman–Crippen LogP) is 3.95. The molecule has 1 saturated heterocycles. The molecule has 2 aromatic carbocycles. The van der Waals surface area contributed by atoms with E-state index in [1.165, 1.54) is 0 Å². The lowest BCUT2D eigenvalue weighted by Gasteiger charge is -2.21. The van der Waals surface area contributed by atoms with E-state index in [4.69, 9.17) is 27.9 Å². The van der Waals surface area contributed by atoms with Crippen LogP contribution < -0.4 is 15.4 Å². The number of nitrogens with one attached hydrogen (secondary N) is 2. The van der Waals surface area contributed by atoms with Crippen molar-refractivity contribution in [2.75, 3.05) is 12.4 Å². The summed E-state index contributed by atoms with van der Waals surface area (Å²) < 4.78 is 5.10. The minimum Gasteiger partial charge on any atom is -0.497 e. The number of benzene rings is 2. The standard InChI is InChI=1S/C19H16Cl2N4O3S/c1-28-13-5-2-11(3-6-13)10-22-25-19-24-17(26)9-16(29-19)18(27)23-12-4-7-14(20)15(21)8-12/h2-8,10,16H,9H2,1H3,(H,23,27)(H,24,25,26)/b22-10+. The molecule has 0 radical (unpaired) electrons. The van der Waals surface area contributed by atoms with Crippen LogP contribution in [0.4, 0.5) is 5.69 Å². The zero-order valence-electron chi connectivity index (χ0n) is 15.2. The van der Waals surface area contributed by atoms with Crippen molar-refractivity contribution in [3.8, 4) is 5.75 Å². The maximum atomic E-state index is 12.5. The summed E-state index contributed by atoms with van der Waals surface area (Å²) in [6.07, 6.45) is 1.57. The van der Waals surface area contributed by atoms with Crippen LogP contribution in [0.5, 0.6) is 5.75 Å². The van der Waals surface area contributed by atoms with Crippen molar-refractivity contribution >= 4 is 63.8 Å². The molecule has 150 valence electrons. The number of hydrogen-bond donors (Lipinski definition) is 2. The number of halogens is 2. The van der Waals surface area contributed by atoms with Crippen LogP contribution in [0.25, 0.3) is 0 Å². The topological polar surface area (TPSA) is 92.2 Å². The molecule has 2 aromatic rings. The molecular formula is C19H16Cl2N4O3S. The molecule has 0 bridgehead atoms. The third-order valence-electron chi connectivity index (χ3n) is 3.82. The van der Waals surface area contributed by atoms with Crippen molar-refractivity contribution in [3.63, 3.8) is 0 Å². The molecule has 1 atom stereocenters. The highest BCUT2D eigenvalue weighted by atomic mass is 35.5. The van der Waals surface area contributed by atoms with E-state index >= 15 is 0 Å². The van der Waals surface area contributed by atoms with Gasteiger partial charge in [0.25, 0.3) is 0 Å². The van der Waals surface area contributed by atoms with E-state index in [1.807, 2.05) is 12.1 Å². The van der Waals surface area contributed by atoms with Gasteiger partial charge in [-0.2, -0.15) is 5.10 Å². The van der Waals surface area contributed by atoms with Gasteiger partial charge in [-0.15, -0.1) is 5.10 Å². The van der Waals surface area contributed by atoms with Gasteiger partial charge in [-0.3, -0.25) is 9.59 Å². The number of ether oxygens (including phenoxy) is 1. The molecule has 1 unspecified atom stereocenters. The summed E-state index contributed by atoms with van der Waals surface area (Å²) in [5, 5.41) is 13.6. The van der Waals surface area contributed by atoms with E-state index in [9.17, 15) is 9.59 Å². The van der Waals surface area contributed by atoms with Crippen molar-refractivity contribution in [3.05, 3.63) is 58.1 Å². The average molecular weight is 451 g/mol. The van der Waals surface area contributed by atoms with Crippen LogP contribution in [0.15, 0.2) is 52.7 Å². The van der Waals surface area contributed by atoms with Crippen LogP contribution in [-0.2, 0) is 9.59 Å². The van der Waals surface area contributed by atoms with Crippen molar-refractivity contribution in [2.45, 2.75) is 11.7 Å². The summed E-state index contributed by atoms with van der Waals surface area (Å²) in [5.74, 6) is 0.0888. The van der Waals surface area contributed by atoms with Crippen LogP contribution in [0.2, 0.25) is 10.0 Å². The van der Waals surface area contributed by atoms with Gasteiger partial charge in [-0.1, -0.05) is 35.0 Å². The van der Waals surface area contributed by atoms with Gasteiger partial charge in [0.15, 0.2) is 5.17 Å². The minimum atomic E-state index is -0.645. The Morgan fingerprint density at radius 1 is 1.24 bits per heavy atom. The fourth-order valence-corrected chi connectivity index (χ4v) is 3.61. The molecule has 29 heavy (non-hydrogen) atoms. The Morgan fingerprint density at radius 3 is 2.69 bits per heavy atom. The largest absolute Gasteiger partial charge is 0.497 e. The SMILES string of the molecule is COc1ccc(/C=N/N=C2/NC(=O)CC(C(=O)Nc3ccc(Cl)c(Cl)c3)S2)cc1. The molecule has 0 aliphatic carbocycles. The fourth-order valence-electron chi connectivity index (χ4n) is 2.37. The van der Waals surface area contributed by atoms with E-state index < -0.39 is 5.25 Å². The molecular weight excluding hydrogens is 435 g/mol. The summed E-state index contributed by atoms with van der Waals surface area (Å²) in [6, 6.07) is 12.0. The number of rotatable bonds is 5. The van der Waals surface area contributed by atoms with Crippen molar-refractivity contribution in [2.24, 2.45) is 10.2 Å². The van der Waals surface area contributed by atoms with E-state index in [1.54, 1.807) is 43.7 Å². The lowest BCUT2D eigenvalue weighted by Crippen LogP contribution is -2.41. The number of thioether (sulfide) groups is 1. The van der Waals surface area contributed by atoms with Crippen LogP contribution in [0.3, 0.4) is 0 Å². The first-order valence-electron chi connectivity index (χ1n) is 8.42. The number of anilines is 1. The third-order valence-corrected chi connectivity index (χ3v) is 5.63. The second-order valence-corrected chi connectivity index (χ2v) is 7.91. The van der Waals surface area contributed by atoms with Gasteiger partial charge < -0.3 is 15.4 Å². The number of hydrogen-bond acceptors (Lipinski definition) is 6. The van der Waals surface area contributed by atoms with Gasteiger partial charge in [0, 0.05) is 12.1 Å². The van der Waals surface area contributed by atoms with Gasteiger partial charge in [-0.05, 0) is 48.0 Å². The van der Waals surface area contributed by atoms with Crippen molar-refractivity contribution < 1.29 is 14.3 Å². The Labute approximate surface area is 181 Å². The number of nitrogens with zero attached hydrogens (tertiary/aromatic N) is 2. The monoisotopic (exact) mass is 450 g/mol. The molecule has 1 heterocycles. The van der Waals surface area contributed by atoms with Crippen LogP contribution >= 0.6 is 35.0 Å². The Balaban J connectivity index is 1.64. The maximum absolute atomic E-state index is 12.5. The van der Waals surface area contributed by atoms with Gasteiger partial charge in [0.2, 0.25) is 11.8 Å². The molecule has 7 nitrogen and oxygen atoms in total. The lowest BCUT2D eigenvalue weighted by atomic mass is 10.2. The van der Waals surface area contributed by atoms with E-state index in [2.05, 4.69) is 20.8 Å². The van der Waals surface area contributed by atoms with Gasteiger partial charge in [0.1, 0.15) is 11.0 Å². The minimum absolute atomic E-state index is 0.0268. The van der Waals surface area contributed by atoms with Crippen molar-refractivity contribution in [1.82, 2.24) is 5.32 Å². The zero-order valence-corrected chi connectivity index (χ0v) is 17.5. The lowest BCUT2D eigenvalue weighted by molar-refractivity contribution is -0.123. The number of amidine groups is 1. The molecule has 2 amide bonds. The summed E-state index contributed by atoms with van der Waals surface area (Å²) in [6.45, 7) is 0. The van der Waals surface area contributed by atoms with Crippen molar-refractivity contribution in [1.29, 1.82) is 0 Å². The molecule has 3 rings (SSSR count). The Bertz CT molecular complexity index is 980. The van der Waals surface area contributed by atoms with Crippen LogP contribution in [-0.4, -0.2) is 35.6 Å². The second-order valence-electron chi connectivity index (χ2n) is 5.90. The average Bonchev–Trinajstić information content (AvgIpc) is 2.71. The molecule has 2 N–H and O–H groups in total. The summed E-state index contributed by atoms with van der Waals surface area (Å²) >= 11 is 13.0. The van der Waals surface area contributed by atoms with Gasteiger partial charge in [-0.25, -0.2) is 0 Å². The zero-order chi connectivity index (χ0) is 20.8. The Kier molecular flexibility index (Phi) is 7.13. The Morgan fingerprint density at radius 2 is 2.00 bits per heavy atom. The number of amides is 2. The highest BCUT2D eigenvalue weighted by Crippen LogP contribution is 2.27. The molecule has 0 saturated carbocycles. The molecule has 1 aliphatic rings. The summed E-state index contributed by atoms with van der Waals surface area (Å²) in [7, 11) is 1.59. The third kappa shape index (κ3) is 5.96. The normalized spacial score (nSPS) is 18.0. The second kappa shape index (κ2) is 9.78. The molecule has 0 spiro atoms. The first kappa shape index (κ1) is 21.2. The van der Waals surface area contributed by atoms with Crippen LogP contribution in [0, 0.1) is 0 Å². The van der Waals surface area contributed by atoms with Gasteiger partial charge >= 0.3 is 0 Å². The first-order chi connectivity index (χ1) is 13.9. The number of methoxy groups -OCH3 is 1.